The summed E-state index contributed by atoms with van der Waals surface area (Å²) < 4.78 is 0. The fourth-order valence-electron chi connectivity index (χ4n) is 5.58. The van der Waals surface area contributed by atoms with E-state index in [9.17, 15) is 39.9 Å². The molecule has 1 saturated carbocycles. The van der Waals surface area contributed by atoms with Crippen LogP contribution < -0.4 is 5.73 Å². The molecule has 1 aromatic carbocycles. The minimum atomic E-state index is -2.89. The van der Waals surface area contributed by atoms with Crippen molar-refractivity contribution in [1.82, 2.24) is 4.90 Å². The number of carbonyl (C=O) groups is 3. The van der Waals surface area contributed by atoms with Gasteiger partial charge in [-0.1, -0.05) is 19.1 Å². The van der Waals surface area contributed by atoms with Crippen molar-refractivity contribution in [3.63, 3.8) is 0 Å². The van der Waals surface area contributed by atoms with Crippen LogP contribution in [0.2, 0.25) is 0 Å². The molecule has 0 unspecified atom stereocenters. The second kappa shape index (κ2) is 8.10. The van der Waals surface area contributed by atoms with E-state index in [0.29, 0.717) is 5.56 Å². The highest BCUT2D eigenvalue weighted by Crippen LogP contribution is 2.55. The number of benzene rings is 1. The van der Waals surface area contributed by atoms with Gasteiger partial charge in [0.15, 0.2) is 11.4 Å². The summed E-state index contributed by atoms with van der Waals surface area (Å²) in [6.45, 7) is 1.68. The number of likely N-dealkylation sites (N-methyl/N-ethyl adjacent to an activating group) is 1. The molecule has 4 rings (SSSR count). The van der Waals surface area contributed by atoms with Gasteiger partial charge in [0.2, 0.25) is 5.78 Å². The largest absolute Gasteiger partial charge is 0.508 e. The minimum Gasteiger partial charge on any atom is -0.508 e. The van der Waals surface area contributed by atoms with Crippen molar-refractivity contribution in [3.8, 4) is 5.75 Å². The summed E-state index contributed by atoms with van der Waals surface area (Å²) >= 11 is 0. The van der Waals surface area contributed by atoms with E-state index in [2.05, 4.69) is 0 Å². The van der Waals surface area contributed by atoms with Crippen LogP contribution in [0.3, 0.4) is 0 Å². The zero-order valence-corrected chi connectivity index (χ0v) is 19.7. The van der Waals surface area contributed by atoms with Crippen molar-refractivity contribution >= 4 is 46.3 Å². The minimum absolute atomic E-state index is 0. The third-order valence-electron chi connectivity index (χ3n) is 6.99. The molecule has 0 aliphatic heterocycles. The molecule has 3 aliphatic carbocycles. The second-order valence-corrected chi connectivity index (χ2v) is 8.79. The van der Waals surface area contributed by atoms with Crippen LogP contribution in [0.5, 0.6) is 5.75 Å². The van der Waals surface area contributed by atoms with Gasteiger partial charge in [-0.3, -0.25) is 19.3 Å². The van der Waals surface area contributed by atoms with E-state index in [1.165, 1.54) is 25.1 Å². The van der Waals surface area contributed by atoms with E-state index in [0.717, 1.165) is 0 Å². The second-order valence-electron chi connectivity index (χ2n) is 8.79. The number of hydrogen-bond acceptors (Lipinski definition) is 9. The Balaban J connectivity index is 0.00000306. The van der Waals surface area contributed by atoms with Gasteiger partial charge < -0.3 is 31.3 Å². The first kappa shape index (κ1) is 25.2. The lowest BCUT2D eigenvalue weighted by Gasteiger charge is -2.53. The average molecular weight is 469 g/mol. The van der Waals surface area contributed by atoms with Crippen LogP contribution in [-0.4, -0.2) is 103 Å². The Hall–Kier alpha value is -2.44. The van der Waals surface area contributed by atoms with Gasteiger partial charge in [-0.2, -0.15) is 0 Å². The molecule has 0 spiro atoms. The number of aliphatic hydroxyl groups is 4. The van der Waals surface area contributed by atoms with Gasteiger partial charge in [-0.25, -0.2) is 0 Å². The van der Waals surface area contributed by atoms with Crippen molar-refractivity contribution in [2.75, 3.05) is 14.1 Å². The van der Waals surface area contributed by atoms with E-state index in [1.807, 2.05) is 0 Å². The van der Waals surface area contributed by atoms with Gasteiger partial charge >= 0.3 is 0 Å². The Labute approximate surface area is 205 Å². The zero-order valence-electron chi connectivity index (χ0n) is 18.3. The number of primary amides is 1. The van der Waals surface area contributed by atoms with E-state index < -0.39 is 75.6 Å². The van der Waals surface area contributed by atoms with Crippen molar-refractivity contribution in [2.24, 2.45) is 17.6 Å². The molecule has 0 bridgehead atoms. The quantitative estimate of drug-likeness (QED) is 0.237. The number of phenolic OH excluding ortho intramolecular Hbond substituents is 1. The molecule has 11 heteroatoms. The summed E-state index contributed by atoms with van der Waals surface area (Å²) in [5.74, 6) is -8.87. The lowest BCUT2D eigenvalue weighted by molar-refractivity contribution is -0.169. The average Bonchev–Trinajstić information content (AvgIpc) is 2.70. The van der Waals surface area contributed by atoms with Crippen LogP contribution in [0.25, 0.3) is 5.76 Å². The third kappa shape index (κ3) is 3.07. The zero-order chi connectivity index (χ0) is 23.9. The van der Waals surface area contributed by atoms with Gasteiger partial charge in [-0.05, 0) is 31.6 Å². The van der Waals surface area contributed by atoms with E-state index >= 15 is 0 Å². The van der Waals surface area contributed by atoms with Crippen LogP contribution in [0.15, 0.2) is 35.1 Å². The lowest BCUT2D eigenvalue weighted by atomic mass is 9.54. The highest BCUT2D eigenvalue weighted by molar-refractivity contribution is 6.24. The number of phenols is 1. The lowest BCUT2D eigenvalue weighted by Crippen LogP contribution is -2.70. The van der Waals surface area contributed by atoms with Crippen molar-refractivity contribution in [2.45, 2.75) is 30.6 Å². The van der Waals surface area contributed by atoms with Crippen LogP contribution >= 0.6 is 0 Å². The number of amides is 1. The molecule has 172 valence electrons. The summed E-state index contributed by atoms with van der Waals surface area (Å²) in [7, 11) is 2.92. The van der Waals surface area contributed by atoms with Crippen molar-refractivity contribution in [3.05, 3.63) is 46.2 Å². The predicted molar refractivity (Wildman–Crippen MR) is 116 cm³/mol. The number of nitrogens with zero attached hydrogens (tertiary/aromatic N) is 1. The first-order chi connectivity index (χ1) is 14.9. The molecule has 2 radical (unpaired) electrons. The van der Waals surface area contributed by atoms with Crippen LogP contribution in [0.4, 0.5) is 0 Å². The molecule has 0 saturated heterocycles. The molecule has 33 heavy (non-hydrogen) atoms. The number of carbonyl (C=O) groups excluding carboxylic acids is 3. The first-order valence-corrected chi connectivity index (χ1v) is 10.0. The Morgan fingerprint density at radius 1 is 1.15 bits per heavy atom. The SMILES string of the molecule is C[C@H]1c2cccc(O)c2C(O)=C2C(=O)[C@]3(O)C(O)=C(C(N)=O)C(=O)[C@@H](N(C)C)[C@@H]3[C@@H](O)[C@@H]21.[Mg]. The number of rotatable bonds is 2. The fraction of sp³-hybridized carbons (Fsp3) is 0.409. The maximum absolute atomic E-state index is 13.7. The number of Topliss-reactive ketones (excluding diaryl/α,β-unsaturated/α-hetero) is 2. The van der Waals surface area contributed by atoms with E-state index in [-0.39, 0.29) is 34.4 Å². The number of aliphatic hydroxyl groups excluding tert-OH is 3. The first-order valence-electron chi connectivity index (χ1n) is 10.0. The van der Waals surface area contributed by atoms with Crippen molar-refractivity contribution < 1.29 is 39.9 Å². The summed E-state index contributed by atoms with van der Waals surface area (Å²) in [6.07, 6.45) is -1.59. The Morgan fingerprint density at radius 2 is 1.76 bits per heavy atom. The molecule has 0 heterocycles. The Kier molecular flexibility index (Phi) is 6.18. The maximum Gasteiger partial charge on any atom is 0.255 e. The maximum atomic E-state index is 13.7. The number of hydrogen-bond donors (Lipinski definition) is 6. The molecule has 0 aromatic heterocycles. The van der Waals surface area contributed by atoms with Gasteiger partial charge in [0.05, 0.1) is 23.6 Å². The Morgan fingerprint density at radius 3 is 2.30 bits per heavy atom. The van der Waals surface area contributed by atoms with Crippen LogP contribution in [0.1, 0.15) is 24.0 Å². The van der Waals surface area contributed by atoms with Gasteiger partial charge in [0.25, 0.3) is 5.91 Å². The molecular weight excluding hydrogens is 445 g/mol. The molecule has 1 fully saturated rings. The van der Waals surface area contributed by atoms with E-state index in [1.54, 1.807) is 19.1 Å². The van der Waals surface area contributed by atoms with Gasteiger partial charge in [0.1, 0.15) is 22.8 Å². The number of aromatic hydroxyl groups is 1. The Bertz CT molecular complexity index is 1140. The molecule has 3 aliphatic rings. The number of fused-ring (bicyclic) bond motifs is 3. The molecule has 1 amide bonds. The predicted octanol–water partition coefficient (Wildman–Crippen LogP) is -0.885. The van der Waals surface area contributed by atoms with Crippen LogP contribution in [0, 0.1) is 11.8 Å². The van der Waals surface area contributed by atoms with Crippen molar-refractivity contribution in [1.29, 1.82) is 0 Å². The smallest absolute Gasteiger partial charge is 0.255 e. The molecule has 1 aromatic rings. The van der Waals surface area contributed by atoms with E-state index in [4.69, 9.17) is 5.73 Å². The molecule has 6 atom stereocenters. The molecule has 10 nitrogen and oxygen atoms in total. The highest BCUT2D eigenvalue weighted by Gasteiger charge is 2.68. The summed E-state index contributed by atoms with van der Waals surface area (Å²) in [4.78, 5) is 40.0. The number of ketones is 2. The molecule has 7 N–H and O–H groups in total. The molecular formula is C22H24MgN2O8. The standard InChI is InChI=1S/C22H24N2O8.Mg/c1-7-8-5-4-6-9(25)11(8)16(26)12-10(7)17(27)14-15(24(2)3)18(28)13(21(23)31)20(30)22(14,32)19(12)29;/h4-7,10,14-15,17,25-27,30,32H,1-3H3,(H2,23,31);/t7-,10+,14+,15-,17-,22-;/m0./s1. The summed E-state index contributed by atoms with van der Waals surface area (Å²) in [6, 6.07) is 3.13. The van der Waals surface area contributed by atoms with Gasteiger partial charge in [-0.15, -0.1) is 0 Å². The summed E-state index contributed by atoms with van der Waals surface area (Å²) in [5, 5.41) is 54.9. The fourth-order valence-corrected chi connectivity index (χ4v) is 5.58. The summed E-state index contributed by atoms with van der Waals surface area (Å²) in [5.41, 5.74) is 1.47. The van der Waals surface area contributed by atoms with Gasteiger partial charge in [0, 0.05) is 34.5 Å². The highest BCUT2D eigenvalue weighted by atomic mass is 24.3. The monoisotopic (exact) mass is 468 g/mol. The normalized spacial score (nSPS) is 33.3. The topological polar surface area (TPSA) is 182 Å². The third-order valence-corrected chi connectivity index (χ3v) is 6.99. The number of nitrogens with two attached hydrogens (primary N) is 1. The van der Waals surface area contributed by atoms with Crippen LogP contribution in [-0.2, 0) is 14.4 Å².